The minimum atomic E-state index is -4.98. The molecule has 0 bridgehead atoms. The SMILES string of the molecule is N#Cc1cncc(C(=O)Nc2cc3cn([C@H]4CC[C@H](C=O)CC4)nc3cc2OC(F)(F)F)c1. The van der Waals surface area contributed by atoms with Gasteiger partial charge in [0.2, 0.25) is 0 Å². The number of ether oxygens (including phenoxy) is 1. The number of halogens is 3. The number of fused-ring (bicyclic) bond motifs is 1. The standard InChI is InChI=1S/C22H18F3N5O3/c23-22(24,25)33-20-7-18-16(11-30(29-18)17-3-1-13(12-31)2-4-17)6-19(20)28-21(32)15-5-14(8-26)9-27-10-15/h5-7,9-13,17H,1-4H2,(H,28,32)/t13-,17-. The Morgan fingerprint density at radius 1 is 1.21 bits per heavy atom. The number of nitriles is 1. The average molecular weight is 457 g/mol. The van der Waals surface area contributed by atoms with Gasteiger partial charge in [0.1, 0.15) is 12.4 Å². The van der Waals surface area contributed by atoms with E-state index >= 15 is 0 Å². The van der Waals surface area contributed by atoms with Crippen LogP contribution in [0.1, 0.15) is 47.6 Å². The minimum absolute atomic E-state index is 0.00902. The largest absolute Gasteiger partial charge is 0.573 e. The first-order valence-corrected chi connectivity index (χ1v) is 10.2. The van der Waals surface area contributed by atoms with Crippen LogP contribution in [0.3, 0.4) is 0 Å². The van der Waals surface area contributed by atoms with Gasteiger partial charge < -0.3 is 14.8 Å². The van der Waals surface area contributed by atoms with Crippen molar-refractivity contribution in [1.82, 2.24) is 14.8 Å². The van der Waals surface area contributed by atoms with Crippen molar-refractivity contribution in [2.24, 2.45) is 5.92 Å². The monoisotopic (exact) mass is 457 g/mol. The smallest absolute Gasteiger partial charge is 0.403 e. The Morgan fingerprint density at radius 3 is 2.64 bits per heavy atom. The lowest BCUT2D eigenvalue weighted by molar-refractivity contribution is -0.274. The van der Waals surface area contributed by atoms with Crippen LogP contribution >= 0.6 is 0 Å². The highest BCUT2D eigenvalue weighted by Crippen LogP contribution is 2.36. The molecule has 8 nitrogen and oxygen atoms in total. The van der Waals surface area contributed by atoms with Crippen molar-refractivity contribution in [3.63, 3.8) is 0 Å². The molecule has 0 unspecified atom stereocenters. The zero-order chi connectivity index (χ0) is 23.6. The fourth-order valence-corrected chi connectivity index (χ4v) is 3.89. The zero-order valence-electron chi connectivity index (χ0n) is 17.2. The van der Waals surface area contributed by atoms with Gasteiger partial charge in [-0.15, -0.1) is 13.2 Å². The van der Waals surface area contributed by atoms with Crippen LogP contribution in [0.5, 0.6) is 5.75 Å². The molecule has 1 fully saturated rings. The first-order valence-electron chi connectivity index (χ1n) is 10.2. The Hall–Kier alpha value is -3.94. The number of rotatable bonds is 5. The van der Waals surface area contributed by atoms with Crippen LogP contribution in [0.2, 0.25) is 0 Å². The molecule has 1 aliphatic carbocycles. The predicted octanol–water partition coefficient (Wildman–Crippen LogP) is 4.38. The molecule has 0 radical (unpaired) electrons. The molecule has 33 heavy (non-hydrogen) atoms. The Morgan fingerprint density at radius 2 is 1.97 bits per heavy atom. The van der Waals surface area contributed by atoms with Gasteiger partial charge in [-0.25, -0.2) is 0 Å². The van der Waals surface area contributed by atoms with Crippen LogP contribution in [-0.4, -0.2) is 33.3 Å². The quantitative estimate of drug-likeness (QED) is 0.570. The number of aldehydes is 1. The van der Waals surface area contributed by atoms with Gasteiger partial charge in [0.05, 0.1) is 28.4 Å². The minimum Gasteiger partial charge on any atom is -0.403 e. The van der Waals surface area contributed by atoms with Crippen LogP contribution in [0.15, 0.2) is 36.8 Å². The molecule has 0 atom stereocenters. The lowest BCUT2D eigenvalue weighted by Crippen LogP contribution is -2.20. The van der Waals surface area contributed by atoms with Gasteiger partial charge in [0, 0.05) is 36.0 Å². The second-order valence-corrected chi connectivity index (χ2v) is 7.80. The van der Waals surface area contributed by atoms with E-state index in [1.807, 2.05) is 6.07 Å². The number of alkyl halides is 3. The lowest BCUT2D eigenvalue weighted by atomic mass is 9.87. The number of amides is 1. The first-order chi connectivity index (χ1) is 15.8. The van der Waals surface area contributed by atoms with Crippen molar-refractivity contribution < 1.29 is 27.5 Å². The molecule has 3 aromatic rings. The molecule has 11 heteroatoms. The fraction of sp³-hybridized carbons (Fsp3) is 0.318. The van der Waals surface area contributed by atoms with Crippen molar-refractivity contribution in [3.05, 3.63) is 47.9 Å². The van der Waals surface area contributed by atoms with Crippen LogP contribution in [0, 0.1) is 17.2 Å². The van der Waals surface area contributed by atoms with Gasteiger partial charge in [-0.2, -0.15) is 10.4 Å². The second kappa shape index (κ2) is 8.90. The molecule has 1 saturated carbocycles. The molecule has 1 amide bonds. The highest BCUT2D eigenvalue weighted by molar-refractivity contribution is 6.06. The maximum Gasteiger partial charge on any atom is 0.573 e. The van der Waals surface area contributed by atoms with E-state index in [1.54, 1.807) is 10.9 Å². The Bertz CT molecular complexity index is 1240. The molecule has 1 N–H and O–H groups in total. The molecule has 1 aromatic carbocycles. The van der Waals surface area contributed by atoms with Gasteiger partial charge in [0.15, 0.2) is 5.75 Å². The fourth-order valence-electron chi connectivity index (χ4n) is 3.89. The molecular weight excluding hydrogens is 439 g/mol. The van der Waals surface area contributed by atoms with Crippen LogP contribution < -0.4 is 10.1 Å². The topological polar surface area (TPSA) is 110 Å². The maximum atomic E-state index is 13.0. The van der Waals surface area contributed by atoms with Gasteiger partial charge in [-0.05, 0) is 37.8 Å². The summed E-state index contributed by atoms with van der Waals surface area (Å²) >= 11 is 0. The highest BCUT2D eigenvalue weighted by Gasteiger charge is 2.33. The van der Waals surface area contributed by atoms with Crippen LogP contribution in [-0.2, 0) is 4.79 Å². The van der Waals surface area contributed by atoms with E-state index in [2.05, 4.69) is 20.1 Å². The van der Waals surface area contributed by atoms with E-state index in [0.717, 1.165) is 38.0 Å². The summed E-state index contributed by atoms with van der Waals surface area (Å²) < 4.78 is 44.9. The number of hydrogen-bond donors (Lipinski definition) is 1. The Kier molecular flexibility index (Phi) is 6.00. The molecule has 2 aromatic heterocycles. The van der Waals surface area contributed by atoms with Crippen molar-refractivity contribution in [2.75, 3.05) is 5.32 Å². The number of anilines is 1. The Balaban J connectivity index is 1.66. The van der Waals surface area contributed by atoms with E-state index in [0.29, 0.717) is 5.39 Å². The molecule has 0 saturated heterocycles. The number of carbonyl (C=O) groups is 2. The first kappa shape index (κ1) is 22.3. The molecule has 1 aliphatic rings. The van der Waals surface area contributed by atoms with Gasteiger partial charge in [0.25, 0.3) is 5.91 Å². The Labute approximate surface area is 186 Å². The third kappa shape index (κ3) is 5.11. The predicted molar refractivity (Wildman–Crippen MR) is 110 cm³/mol. The summed E-state index contributed by atoms with van der Waals surface area (Å²) in [6.45, 7) is 0. The zero-order valence-corrected chi connectivity index (χ0v) is 17.2. The summed E-state index contributed by atoms with van der Waals surface area (Å²) in [6, 6.07) is 5.63. The number of nitrogens with one attached hydrogen (secondary N) is 1. The number of benzene rings is 1. The van der Waals surface area contributed by atoms with E-state index in [-0.39, 0.29) is 34.3 Å². The van der Waals surface area contributed by atoms with Gasteiger partial charge >= 0.3 is 6.36 Å². The maximum absolute atomic E-state index is 13.0. The molecule has 2 heterocycles. The van der Waals surface area contributed by atoms with E-state index in [1.165, 1.54) is 24.5 Å². The normalized spacial score (nSPS) is 18.5. The van der Waals surface area contributed by atoms with Gasteiger partial charge in [-0.3, -0.25) is 14.5 Å². The highest BCUT2D eigenvalue weighted by atomic mass is 19.4. The molecule has 4 rings (SSSR count). The number of hydrogen-bond acceptors (Lipinski definition) is 6. The van der Waals surface area contributed by atoms with Crippen LogP contribution in [0.25, 0.3) is 10.9 Å². The molecule has 0 aliphatic heterocycles. The van der Waals surface area contributed by atoms with E-state index in [9.17, 15) is 22.8 Å². The molecule has 0 spiro atoms. The number of carbonyl (C=O) groups excluding carboxylic acids is 2. The van der Waals surface area contributed by atoms with E-state index in [4.69, 9.17) is 5.26 Å². The summed E-state index contributed by atoms with van der Waals surface area (Å²) in [4.78, 5) is 27.4. The van der Waals surface area contributed by atoms with Crippen molar-refractivity contribution in [3.8, 4) is 11.8 Å². The lowest BCUT2D eigenvalue weighted by Gasteiger charge is -2.25. The summed E-state index contributed by atoms with van der Waals surface area (Å²) in [7, 11) is 0. The summed E-state index contributed by atoms with van der Waals surface area (Å²) in [5.74, 6) is -1.33. The molecule has 170 valence electrons. The van der Waals surface area contributed by atoms with Crippen molar-refractivity contribution in [2.45, 2.75) is 38.1 Å². The third-order valence-corrected chi connectivity index (χ3v) is 5.53. The van der Waals surface area contributed by atoms with E-state index < -0.39 is 18.0 Å². The van der Waals surface area contributed by atoms with Crippen molar-refractivity contribution >= 4 is 28.8 Å². The summed E-state index contributed by atoms with van der Waals surface area (Å²) in [5, 5.41) is 16.3. The number of nitrogens with zero attached hydrogens (tertiary/aromatic N) is 4. The van der Waals surface area contributed by atoms with Crippen molar-refractivity contribution in [1.29, 1.82) is 5.26 Å². The average Bonchev–Trinajstić information content (AvgIpc) is 3.21. The molecular formula is C22H18F3N5O3. The number of pyridine rings is 1. The van der Waals surface area contributed by atoms with Gasteiger partial charge in [-0.1, -0.05) is 0 Å². The summed E-state index contributed by atoms with van der Waals surface area (Å²) in [5.41, 5.74) is 0.222. The summed E-state index contributed by atoms with van der Waals surface area (Å²) in [6.07, 6.45) is 3.05. The second-order valence-electron chi connectivity index (χ2n) is 7.80. The van der Waals surface area contributed by atoms with Crippen LogP contribution in [0.4, 0.5) is 18.9 Å². The number of aromatic nitrogens is 3. The third-order valence-electron chi connectivity index (χ3n) is 5.53.